The van der Waals surface area contributed by atoms with E-state index in [0.717, 1.165) is 36.0 Å². The number of hydrogen-bond donors (Lipinski definition) is 1. The van der Waals surface area contributed by atoms with Gasteiger partial charge < -0.3 is 10.1 Å². The zero-order valence-corrected chi connectivity index (χ0v) is 12.6. The fraction of sp³-hybridized carbons (Fsp3) is 0.471. The molecule has 1 heterocycles. The van der Waals surface area contributed by atoms with Crippen molar-refractivity contribution in [3.05, 3.63) is 36.5 Å². The monoisotopic (exact) mass is 272 g/mol. The molecular formula is C17H24N2O. The quantitative estimate of drug-likeness (QED) is 0.833. The third-order valence-corrected chi connectivity index (χ3v) is 3.35. The normalized spacial score (nSPS) is 14.2. The number of aromatic nitrogens is 1. The van der Waals surface area contributed by atoms with Gasteiger partial charge >= 0.3 is 0 Å². The molecule has 0 amide bonds. The van der Waals surface area contributed by atoms with Crippen LogP contribution in [0.5, 0.6) is 5.75 Å². The van der Waals surface area contributed by atoms with E-state index in [9.17, 15) is 0 Å². The topological polar surface area (TPSA) is 34.1 Å². The van der Waals surface area contributed by atoms with Crippen LogP contribution < -0.4 is 10.1 Å². The van der Waals surface area contributed by atoms with Crippen LogP contribution >= 0.6 is 0 Å². The van der Waals surface area contributed by atoms with Gasteiger partial charge in [-0.25, -0.2) is 0 Å². The van der Waals surface area contributed by atoms with E-state index in [1.807, 2.05) is 24.4 Å². The third-order valence-electron chi connectivity index (χ3n) is 3.35. The summed E-state index contributed by atoms with van der Waals surface area (Å²) in [6.07, 6.45) is 4.13. The first-order valence-electron chi connectivity index (χ1n) is 7.44. The van der Waals surface area contributed by atoms with Gasteiger partial charge in [0.15, 0.2) is 0 Å². The lowest BCUT2D eigenvalue weighted by molar-refractivity contribution is 0.198. The van der Waals surface area contributed by atoms with Gasteiger partial charge in [0.1, 0.15) is 11.3 Å². The second-order valence-corrected chi connectivity index (χ2v) is 5.35. The molecule has 2 aromatic rings. The van der Waals surface area contributed by atoms with E-state index < -0.39 is 0 Å². The molecule has 20 heavy (non-hydrogen) atoms. The molecule has 0 fully saturated rings. The van der Waals surface area contributed by atoms with Crippen LogP contribution in [-0.4, -0.2) is 23.7 Å². The molecule has 3 nitrogen and oxygen atoms in total. The van der Waals surface area contributed by atoms with Crippen molar-refractivity contribution in [3.63, 3.8) is 0 Å². The highest BCUT2D eigenvalue weighted by Crippen LogP contribution is 2.24. The van der Waals surface area contributed by atoms with Gasteiger partial charge in [0.05, 0.1) is 6.10 Å². The fourth-order valence-corrected chi connectivity index (χ4v) is 2.41. The summed E-state index contributed by atoms with van der Waals surface area (Å²) in [7, 11) is 0. The summed E-state index contributed by atoms with van der Waals surface area (Å²) in [6.45, 7) is 7.56. The number of para-hydroxylation sites is 1. The van der Waals surface area contributed by atoms with E-state index in [2.05, 4.69) is 43.2 Å². The minimum absolute atomic E-state index is 0.168. The Labute approximate surface area is 121 Å². The molecule has 3 heteroatoms. The Bertz CT molecular complexity index is 536. The van der Waals surface area contributed by atoms with Crippen LogP contribution in [0.25, 0.3) is 10.9 Å². The first kappa shape index (κ1) is 14.8. The van der Waals surface area contributed by atoms with Crippen molar-refractivity contribution in [3.8, 4) is 5.75 Å². The largest absolute Gasteiger partial charge is 0.488 e. The molecule has 0 saturated carbocycles. The second kappa shape index (κ2) is 7.25. The van der Waals surface area contributed by atoms with Crippen molar-refractivity contribution in [2.75, 3.05) is 6.54 Å². The van der Waals surface area contributed by atoms with E-state index in [4.69, 9.17) is 4.74 Å². The molecule has 2 unspecified atom stereocenters. The maximum Gasteiger partial charge on any atom is 0.145 e. The van der Waals surface area contributed by atoms with Gasteiger partial charge in [-0.15, -0.1) is 0 Å². The predicted molar refractivity (Wildman–Crippen MR) is 84.2 cm³/mol. The maximum atomic E-state index is 6.08. The van der Waals surface area contributed by atoms with Gasteiger partial charge in [0, 0.05) is 17.6 Å². The Balaban J connectivity index is 2.01. The molecule has 0 spiro atoms. The van der Waals surface area contributed by atoms with Crippen LogP contribution in [-0.2, 0) is 0 Å². The van der Waals surface area contributed by atoms with Crippen molar-refractivity contribution in [2.24, 2.45) is 0 Å². The molecule has 0 aliphatic carbocycles. The summed E-state index contributed by atoms with van der Waals surface area (Å²) in [6, 6.07) is 10.6. The van der Waals surface area contributed by atoms with Crippen LogP contribution in [0, 0.1) is 0 Å². The van der Waals surface area contributed by atoms with Gasteiger partial charge in [0.2, 0.25) is 0 Å². The Morgan fingerprint density at radius 2 is 2.00 bits per heavy atom. The van der Waals surface area contributed by atoms with Crippen molar-refractivity contribution in [2.45, 2.75) is 45.8 Å². The molecule has 0 radical (unpaired) electrons. The number of benzene rings is 1. The van der Waals surface area contributed by atoms with Gasteiger partial charge in [-0.1, -0.05) is 25.1 Å². The maximum absolute atomic E-state index is 6.08. The van der Waals surface area contributed by atoms with Gasteiger partial charge in [-0.3, -0.25) is 4.98 Å². The first-order valence-corrected chi connectivity index (χ1v) is 7.44. The molecule has 1 aromatic carbocycles. The van der Waals surface area contributed by atoms with E-state index in [-0.39, 0.29) is 6.10 Å². The Hall–Kier alpha value is -1.61. The molecule has 1 N–H and O–H groups in total. The van der Waals surface area contributed by atoms with Gasteiger partial charge in [-0.05, 0) is 45.4 Å². The van der Waals surface area contributed by atoms with Crippen molar-refractivity contribution in [1.82, 2.24) is 10.3 Å². The predicted octanol–water partition coefficient (Wildman–Crippen LogP) is 3.78. The minimum atomic E-state index is 0.168. The Kier molecular flexibility index (Phi) is 5.36. The number of nitrogens with zero attached hydrogens (tertiary/aromatic N) is 1. The summed E-state index contributed by atoms with van der Waals surface area (Å²) >= 11 is 0. The van der Waals surface area contributed by atoms with E-state index in [1.54, 1.807) is 0 Å². The van der Waals surface area contributed by atoms with Crippen molar-refractivity contribution < 1.29 is 4.74 Å². The number of nitrogens with one attached hydrogen (secondary N) is 1. The second-order valence-electron chi connectivity index (χ2n) is 5.35. The zero-order valence-electron chi connectivity index (χ0n) is 12.6. The summed E-state index contributed by atoms with van der Waals surface area (Å²) in [5, 5.41) is 4.61. The zero-order chi connectivity index (χ0) is 14.4. The lowest BCUT2D eigenvalue weighted by Crippen LogP contribution is -2.31. The van der Waals surface area contributed by atoms with Crippen molar-refractivity contribution >= 4 is 10.9 Å². The summed E-state index contributed by atoms with van der Waals surface area (Å²) in [4.78, 5) is 4.42. The minimum Gasteiger partial charge on any atom is -0.488 e. The average molecular weight is 272 g/mol. The highest BCUT2D eigenvalue weighted by molar-refractivity contribution is 5.84. The number of ether oxygens (including phenoxy) is 1. The van der Waals surface area contributed by atoms with Gasteiger partial charge in [0.25, 0.3) is 0 Å². The lowest BCUT2D eigenvalue weighted by Gasteiger charge is -2.20. The molecule has 2 rings (SSSR count). The Morgan fingerprint density at radius 1 is 1.20 bits per heavy atom. The average Bonchev–Trinajstić information content (AvgIpc) is 2.45. The molecule has 0 aliphatic heterocycles. The third kappa shape index (κ3) is 3.94. The molecular weight excluding hydrogens is 248 g/mol. The molecule has 2 atom stereocenters. The molecule has 0 saturated heterocycles. The first-order chi connectivity index (χ1) is 9.70. The molecule has 108 valence electrons. The van der Waals surface area contributed by atoms with E-state index >= 15 is 0 Å². The molecule has 1 aromatic heterocycles. The summed E-state index contributed by atoms with van der Waals surface area (Å²) in [5.41, 5.74) is 0.941. The summed E-state index contributed by atoms with van der Waals surface area (Å²) < 4.78 is 6.08. The molecule has 0 aliphatic rings. The van der Waals surface area contributed by atoms with E-state index in [1.165, 1.54) is 0 Å². The summed E-state index contributed by atoms with van der Waals surface area (Å²) in [5.74, 6) is 0.873. The van der Waals surface area contributed by atoms with E-state index in [0.29, 0.717) is 6.04 Å². The lowest BCUT2D eigenvalue weighted by atomic mass is 10.1. The SMILES string of the molecule is CCCNC(C)CC(C)Oc1cccc2cccnc12. The smallest absolute Gasteiger partial charge is 0.145 e. The fourth-order valence-electron chi connectivity index (χ4n) is 2.41. The highest BCUT2D eigenvalue weighted by atomic mass is 16.5. The van der Waals surface area contributed by atoms with Crippen LogP contribution in [0.15, 0.2) is 36.5 Å². The number of fused-ring (bicyclic) bond motifs is 1. The number of pyridine rings is 1. The standard InChI is InChI=1S/C17H24N2O/c1-4-10-18-13(2)12-14(3)20-16-9-5-7-15-8-6-11-19-17(15)16/h5-9,11,13-14,18H,4,10,12H2,1-3H3. The van der Waals surface area contributed by atoms with Crippen LogP contribution in [0.1, 0.15) is 33.6 Å². The van der Waals surface area contributed by atoms with Crippen LogP contribution in [0.3, 0.4) is 0 Å². The molecule has 0 bridgehead atoms. The van der Waals surface area contributed by atoms with Crippen molar-refractivity contribution in [1.29, 1.82) is 0 Å². The van der Waals surface area contributed by atoms with Gasteiger partial charge in [-0.2, -0.15) is 0 Å². The number of hydrogen-bond acceptors (Lipinski definition) is 3. The van der Waals surface area contributed by atoms with Crippen LogP contribution in [0.4, 0.5) is 0 Å². The number of rotatable bonds is 7. The Morgan fingerprint density at radius 3 is 2.80 bits per heavy atom. The highest BCUT2D eigenvalue weighted by Gasteiger charge is 2.11. The van der Waals surface area contributed by atoms with Crippen LogP contribution in [0.2, 0.25) is 0 Å².